The van der Waals surface area contributed by atoms with Gasteiger partial charge in [0.15, 0.2) is 5.76 Å². The normalized spacial score (nSPS) is 16.7. The molecule has 26 heavy (non-hydrogen) atoms. The van der Waals surface area contributed by atoms with Crippen molar-refractivity contribution in [2.24, 2.45) is 0 Å². The second-order valence-corrected chi connectivity index (χ2v) is 7.92. The second-order valence-electron chi connectivity index (χ2n) is 6.21. The highest BCUT2D eigenvalue weighted by molar-refractivity contribution is 7.89. The van der Waals surface area contributed by atoms with Gasteiger partial charge in [0.25, 0.3) is 0 Å². The number of ether oxygens (including phenoxy) is 1. The second kappa shape index (κ2) is 7.75. The van der Waals surface area contributed by atoms with Gasteiger partial charge in [0, 0.05) is 25.3 Å². The SMILES string of the molecule is Cc1noc(C)c1S(=O)(=O)NCC(O)c1ccc(N2CCOCC2)cc1. The van der Waals surface area contributed by atoms with Gasteiger partial charge in [-0.05, 0) is 31.5 Å². The number of rotatable bonds is 6. The first kappa shape index (κ1) is 18.8. The number of sulfonamides is 1. The average Bonchev–Trinajstić information content (AvgIpc) is 3.00. The molecule has 1 aromatic carbocycles. The summed E-state index contributed by atoms with van der Waals surface area (Å²) in [6.07, 6.45) is -0.955. The summed E-state index contributed by atoms with van der Waals surface area (Å²) in [5.74, 6) is 0.222. The third kappa shape index (κ3) is 4.07. The monoisotopic (exact) mass is 381 g/mol. The van der Waals surface area contributed by atoms with Crippen molar-refractivity contribution in [2.75, 3.05) is 37.7 Å². The van der Waals surface area contributed by atoms with E-state index in [-0.39, 0.29) is 17.2 Å². The number of hydrogen-bond donors (Lipinski definition) is 2. The number of hydrogen-bond acceptors (Lipinski definition) is 7. The molecule has 1 aliphatic rings. The molecule has 1 atom stereocenters. The maximum Gasteiger partial charge on any atom is 0.246 e. The van der Waals surface area contributed by atoms with Crippen LogP contribution >= 0.6 is 0 Å². The molecule has 2 aromatic rings. The molecule has 0 saturated carbocycles. The standard InChI is InChI=1S/C17H23N3O5S/c1-12-17(13(2)25-19-12)26(22,23)18-11-16(21)14-3-5-15(6-4-14)20-7-9-24-10-8-20/h3-6,16,18,21H,7-11H2,1-2H3. The topological polar surface area (TPSA) is 105 Å². The van der Waals surface area contributed by atoms with Crippen LogP contribution in [0.5, 0.6) is 0 Å². The number of nitrogens with zero attached hydrogens (tertiary/aromatic N) is 2. The fourth-order valence-electron chi connectivity index (χ4n) is 2.97. The van der Waals surface area contributed by atoms with E-state index >= 15 is 0 Å². The van der Waals surface area contributed by atoms with E-state index in [1.807, 2.05) is 12.1 Å². The highest BCUT2D eigenvalue weighted by atomic mass is 32.2. The maximum atomic E-state index is 12.4. The van der Waals surface area contributed by atoms with Gasteiger partial charge in [-0.15, -0.1) is 0 Å². The van der Waals surface area contributed by atoms with Crippen molar-refractivity contribution in [3.05, 3.63) is 41.3 Å². The van der Waals surface area contributed by atoms with Crippen molar-refractivity contribution in [1.29, 1.82) is 0 Å². The fourth-order valence-corrected chi connectivity index (χ4v) is 4.33. The van der Waals surface area contributed by atoms with E-state index in [4.69, 9.17) is 9.26 Å². The summed E-state index contributed by atoms with van der Waals surface area (Å²) in [5, 5.41) is 14.0. The van der Waals surface area contributed by atoms with Crippen LogP contribution < -0.4 is 9.62 Å². The van der Waals surface area contributed by atoms with Crippen LogP contribution in [0, 0.1) is 13.8 Å². The zero-order valence-corrected chi connectivity index (χ0v) is 15.6. The minimum Gasteiger partial charge on any atom is -0.387 e. The van der Waals surface area contributed by atoms with Crippen LogP contribution in [0.2, 0.25) is 0 Å². The molecule has 2 heterocycles. The Kier molecular flexibility index (Phi) is 5.61. The van der Waals surface area contributed by atoms with Gasteiger partial charge in [-0.2, -0.15) is 0 Å². The Bertz CT molecular complexity index is 822. The Morgan fingerprint density at radius 2 is 1.88 bits per heavy atom. The zero-order chi connectivity index (χ0) is 18.7. The summed E-state index contributed by atoms with van der Waals surface area (Å²) >= 11 is 0. The Labute approximate surface area is 152 Å². The molecule has 0 radical (unpaired) electrons. The number of aliphatic hydroxyl groups is 1. The van der Waals surface area contributed by atoms with Crippen LogP contribution in [0.3, 0.4) is 0 Å². The van der Waals surface area contributed by atoms with Crippen molar-refractivity contribution >= 4 is 15.7 Å². The van der Waals surface area contributed by atoms with E-state index in [9.17, 15) is 13.5 Å². The Morgan fingerprint density at radius 1 is 1.23 bits per heavy atom. The molecule has 1 aromatic heterocycles. The van der Waals surface area contributed by atoms with E-state index in [2.05, 4.69) is 14.8 Å². The van der Waals surface area contributed by atoms with Crippen LogP contribution in [0.25, 0.3) is 0 Å². The molecular weight excluding hydrogens is 358 g/mol. The Balaban J connectivity index is 1.63. The minimum absolute atomic E-state index is 0.0207. The predicted molar refractivity (Wildman–Crippen MR) is 95.6 cm³/mol. The smallest absolute Gasteiger partial charge is 0.246 e. The number of benzene rings is 1. The Morgan fingerprint density at radius 3 is 2.46 bits per heavy atom. The third-order valence-corrected chi connectivity index (χ3v) is 6.02. The van der Waals surface area contributed by atoms with Crippen molar-refractivity contribution in [1.82, 2.24) is 9.88 Å². The molecule has 1 saturated heterocycles. The van der Waals surface area contributed by atoms with Crippen molar-refractivity contribution in [3.8, 4) is 0 Å². The average molecular weight is 381 g/mol. The van der Waals surface area contributed by atoms with E-state index in [1.165, 1.54) is 6.92 Å². The van der Waals surface area contributed by atoms with Gasteiger partial charge in [-0.1, -0.05) is 17.3 Å². The molecule has 1 unspecified atom stereocenters. The van der Waals surface area contributed by atoms with Gasteiger partial charge in [-0.25, -0.2) is 13.1 Å². The fraction of sp³-hybridized carbons (Fsp3) is 0.471. The third-order valence-electron chi connectivity index (χ3n) is 4.36. The lowest BCUT2D eigenvalue weighted by Gasteiger charge is -2.29. The summed E-state index contributed by atoms with van der Waals surface area (Å²) in [4.78, 5) is 2.23. The minimum atomic E-state index is -3.80. The summed E-state index contributed by atoms with van der Waals surface area (Å²) < 4.78 is 37.4. The number of anilines is 1. The molecule has 0 aliphatic carbocycles. The molecule has 0 bridgehead atoms. The number of aromatic nitrogens is 1. The maximum absolute atomic E-state index is 12.4. The quantitative estimate of drug-likeness (QED) is 0.773. The highest BCUT2D eigenvalue weighted by Crippen LogP contribution is 2.22. The molecular formula is C17H23N3O5S. The highest BCUT2D eigenvalue weighted by Gasteiger charge is 2.25. The van der Waals surface area contributed by atoms with Crippen molar-refractivity contribution in [2.45, 2.75) is 24.8 Å². The summed E-state index contributed by atoms with van der Waals surface area (Å²) in [6.45, 7) is 6.03. The van der Waals surface area contributed by atoms with E-state index < -0.39 is 16.1 Å². The summed E-state index contributed by atoms with van der Waals surface area (Å²) in [7, 11) is -3.80. The molecule has 1 fully saturated rings. The van der Waals surface area contributed by atoms with Gasteiger partial charge in [0.2, 0.25) is 10.0 Å². The van der Waals surface area contributed by atoms with E-state index in [0.29, 0.717) is 24.5 Å². The number of aliphatic hydroxyl groups excluding tert-OH is 1. The zero-order valence-electron chi connectivity index (χ0n) is 14.8. The van der Waals surface area contributed by atoms with Crippen LogP contribution in [0.4, 0.5) is 5.69 Å². The summed E-state index contributed by atoms with van der Waals surface area (Å²) in [5.41, 5.74) is 1.99. The molecule has 142 valence electrons. The van der Waals surface area contributed by atoms with E-state index in [0.717, 1.165) is 18.8 Å². The lowest BCUT2D eigenvalue weighted by Crippen LogP contribution is -2.36. The molecule has 8 nitrogen and oxygen atoms in total. The van der Waals surface area contributed by atoms with Crippen molar-refractivity contribution in [3.63, 3.8) is 0 Å². The molecule has 3 rings (SSSR count). The van der Waals surface area contributed by atoms with Crippen LogP contribution in [0.15, 0.2) is 33.7 Å². The first-order chi connectivity index (χ1) is 12.4. The van der Waals surface area contributed by atoms with Crippen LogP contribution in [0.1, 0.15) is 23.1 Å². The molecule has 0 spiro atoms. The number of nitrogens with one attached hydrogen (secondary N) is 1. The molecule has 2 N–H and O–H groups in total. The molecule has 0 amide bonds. The predicted octanol–water partition coefficient (Wildman–Crippen LogP) is 1.14. The first-order valence-electron chi connectivity index (χ1n) is 8.42. The number of aryl methyl sites for hydroxylation is 2. The number of morpholine rings is 1. The van der Waals surface area contributed by atoms with Gasteiger partial charge in [0.1, 0.15) is 10.6 Å². The van der Waals surface area contributed by atoms with Crippen molar-refractivity contribution < 1.29 is 22.8 Å². The molecule has 1 aliphatic heterocycles. The van der Waals surface area contributed by atoms with Gasteiger partial charge in [0.05, 0.1) is 19.3 Å². The van der Waals surface area contributed by atoms with Gasteiger partial charge < -0.3 is 19.3 Å². The Hall–Kier alpha value is -1.94. The van der Waals surface area contributed by atoms with Gasteiger partial charge in [-0.3, -0.25) is 0 Å². The van der Waals surface area contributed by atoms with Crippen LogP contribution in [-0.4, -0.2) is 51.5 Å². The first-order valence-corrected chi connectivity index (χ1v) is 9.90. The largest absolute Gasteiger partial charge is 0.387 e. The lowest BCUT2D eigenvalue weighted by atomic mass is 10.1. The molecule has 9 heteroatoms. The van der Waals surface area contributed by atoms with Gasteiger partial charge >= 0.3 is 0 Å². The van der Waals surface area contributed by atoms with Crippen LogP contribution in [-0.2, 0) is 14.8 Å². The summed E-state index contributed by atoms with van der Waals surface area (Å²) in [6, 6.07) is 7.46. The lowest BCUT2D eigenvalue weighted by molar-refractivity contribution is 0.122. The van der Waals surface area contributed by atoms with E-state index in [1.54, 1.807) is 19.1 Å².